The summed E-state index contributed by atoms with van der Waals surface area (Å²) >= 11 is 5.05. The van der Waals surface area contributed by atoms with Crippen LogP contribution in [-0.2, 0) is 0 Å². The van der Waals surface area contributed by atoms with Gasteiger partial charge in [-0.05, 0) is 45.1 Å². The standard InChI is InChI=1S/C11H20N2S/c1-7(11(12)14)13(2)10-6-8-3-4-9(10)5-8/h7-10H,3-6H2,1-2H3,(H2,12,14). The first-order chi connectivity index (χ1) is 6.59. The Balaban J connectivity index is 1.98. The zero-order valence-electron chi connectivity index (χ0n) is 9.07. The van der Waals surface area contributed by atoms with E-state index in [1.54, 1.807) is 0 Å². The number of likely N-dealkylation sites (N-methyl/N-ethyl adjacent to an activating group) is 1. The molecule has 2 rings (SSSR count). The van der Waals surface area contributed by atoms with Crippen molar-refractivity contribution in [3.63, 3.8) is 0 Å². The summed E-state index contributed by atoms with van der Waals surface area (Å²) in [7, 11) is 2.18. The number of hydrogen-bond acceptors (Lipinski definition) is 2. The first-order valence-corrected chi connectivity index (χ1v) is 6.01. The Morgan fingerprint density at radius 2 is 2.14 bits per heavy atom. The second kappa shape index (κ2) is 3.78. The molecule has 2 N–H and O–H groups in total. The second-order valence-electron chi connectivity index (χ2n) is 4.99. The lowest BCUT2D eigenvalue weighted by Crippen LogP contribution is -2.47. The number of hydrogen-bond donors (Lipinski definition) is 1. The van der Waals surface area contributed by atoms with E-state index in [0.29, 0.717) is 4.99 Å². The van der Waals surface area contributed by atoms with Gasteiger partial charge in [0.05, 0.1) is 11.0 Å². The molecule has 0 radical (unpaired) electrons. The Kier molecular flexibility index (Phi) is 2.80. The van der Waals surface area contributed by atoms with Crippen LogP contribution in [0, 0.1) is 11.8 Å². The summed E-state index contributed by atoms with van der Waals surface area (Å²) < 4.78 is 0. The van der Waals surface area contributed by atoms with Gasteiger partial charge in [0.25, 0.3) is 0 Å². The molecule has 4 atom stereocenters. The molecule has 0 aromatic carbocycles. The molecule has 0 amide bonds. The molecule has 2 saturated carbocycles. The summed E-state index contributed by atoms with van der Waals surface area (Å²) in [4.78, 5) is 3.03. The van der Waals surface area contributed by atoms with E-state index in [1.165, 1.54) is 25.7 Å². The minimum Gasteiger partial charge on any atom is -0.392 e. The number of thiocarbonyl (C=S) groups is 1. The number of fused-ring (bicyclic) bond motifs is 2. The predicted molar refractivity (Wildman–Crippen MR) is 63.2 cm³/mol. The minimum absolute atomic E-state index is 0.259. The van der Waals surface area contributed by atoms with Gasteiger partial charge in [0.1, 0.15) is 0 Å². The number of nitrogens with zero attached hydrogens (tertiary/aromatic N) is 1. The van der Waals surface area contributed by atoms with E-state index in [1.807, 2.05) is 0 Å². The Labute approximate surface area is 91.8 Å². The maximum atomic E-state index is 5.69. The molecule has 0 saturated heterocycles. The fourth-order valence-corrected chi connectivity index (χ4v) is 3.36. The van der Waals surface area contributed by atoms with Crippen molar-refractivity contribution in [3.05, 3.63) is 0 Å². The van der Waals surface area contributed by atoms with Crippen molar-refractivity contribution in [2.75, 3.05) is 7.05 Å². The SMILES string of the molecule is CC(C(N)=S)N(C)C1CC2CCC1C2. The van der Waals surface area contributed by atoms with Gasteiger partial charge in [-0.3, -0.25) is 4.90 Å². The van der Waals surface area contributed by atoms with E-state index in [4.69, 9.17) is 18.0 Å². The lowest BCUT2D eigenvalue weighted by Gasteiger charge is -2.35. The Bertz CT molecular complexity index is 241. The quantitative estimate of drug-likeness (QED) is 0.723. The third-order valence-electron chi connectivity index (χ3n) is 4.25. The largest absolute Gasteiger partial charge is 0.392 e. The predicted octanol–water partition coefficient (Wildman–Crippen LogP) is 1.78. The molecule has 3 heteroatoms. The highest BCUT2D eigenvalue weighted by molar-refractivity contribution is 7.80. The van der Waals surface area contributed by atoms with Crippen LogP contribution in [0.5, 0.6) is 0 Å². The van der Waals surface area contributed by atoms with Gasteiger partial charge in [0, 0.05) is 6.04 Å². The molecule has 0 aliphatic heterocycles. The molecular formula is C11H20N2S. The maximum Gasteiger partial charge on any atom is 0.0899 e. The molecule has 80 valence electrons. The zero-order chi connectivity index (χ0) is 10.3. The normalized spacial score (nSPS) is 37.8. The van der Waals surface area contributed by atoms with Crippen LogP contribution in [0.1, 0.15) is 32.6 Å². The summed E-state index contributed by atoms with van der Waals surface area (Å²) in [6.45, 7) is 2.12. The molecule has 2 fully saturated rings. The van der Waals surface area contributed by atoms with E-state index in [9.17, 15) is 0 Å². The van der Waals surface area contributed by atoms with E-state index < -0.39 is 0 Å². The average Bonchev–Trinajstić information content (AvgIpc) is 2.76. The highest BCUT2D eigenvalue weighted by Crippen LogP contribution is 2.46. The maximum absolute atomic E-state index is 5.69. The van der Waals surface area contributed by atoms with Crippen molar-refractivity contribution in [3.8, 4) is 0 Å². The van der Waals surface area contributed by atoms with Crippen LogP contribution in [-0.4, -0.2) is 29.0 Å². The van der Waals surface area contributed by atoms with Crippen molar-refractivity contribution in [1.29, 1.82) is 0 Å². The molecule has 2 aliphatic carbocycles. The molecule has 14 heavy (non-hydrogen) atoms. The van der Waals surface area contributed by atoms with E-state index in [0.717, 1.165) is 17.9 Å². The summed E-state index contributed by atoms with van der Waals surface area (Å²) in [5, 5.41) is 0. The van der Waals surface area contributed by atoms with E-state index >= 15 is 0 Å². The van der Waals surface area contributed by atoms with E-state index in [-0.39, 0.29) is 6.04 Å². The van der Waals surface area contributed by atoms with Crippen molar-refractivity contribution in [1.82, 2.24) is 4.90 Å². The molecule has 0 aromatic rings. The lowest BCUT2D eigenvalue weighted by molar-refractivity contribution is 0.162. The van der Waals surface area contributed by atoms with Crippen LogP contribution in [0.15, 0.2) is 0 Å². The van der Waals surface area contributed by atoms with Crippen LogP contribution in [0.3, 0.4) is 0 Å². The third kappa shape index (κ3) is 1.68. The van der Waals surface area contributed by atoms with Gasteiger partial charge in [-0.15, -0.1) is 0 Å². The summed E-state index contributed by atoms with van der Waals surface area (Å²) in [6.07, 6.45) is 5.69. The van der Waals surface area contributed by atoms with Crippen molar-refractivity contribution >= 4 is 17.2 Å². The van der Waals surface area contributed by atoms with Crippen LogP contribution in [0.2, 0.25) is 0 Å². The van der Waals surface area contributed by atoms with Gasteiger partial charge in [0.15, 0.2) is 0 Å². The first kappa shape index (κ1) is 10.4. The Hall–Kier alpha value is -0.150. The third-order valence-corrected chi connectivity index (χ3v) is 4.59. The average molecular weight is 212 g/mol. The van der Waals surface area contributed by atoms with Gasteiger partial charge in [0.2, 0.25) is 0 Å². The molecule has 2 bridgehead atoms. The van der Waals surface area contributed by atoms with Crippen molar-refractivity contribution < 1.29 is 0 Å². The summed E-state index contributed by atoms with van der Waals surface area (Å²) in [5.41, 5.74) is 5.69. The van der Waals surface area contributed by atoms with Gasteiger partial charge in [-0.2, -0.15) is 0 Å². The Morgan fingerprint density at radius 1 is 1.43 bits per heavy atom. The fraction of sp³-hybridized carbons (Fsp3) is 0.909. The number of rotatable bonds is 3. The molecular weight excluding hydrogens is 192 g/mol. The second-order valence-corrected chi connectivity index (χ2v) is 5.46. The van der Waals surface area contributed by atoms with Gasteiger partial charge in [-0.25, -0.2) is 0 Å². The molecule has 0 spiro atoms. The van der Waals surface area contributed by atoms with Gasteiger partial charge >= 0.3 is 0 Å². The van der Waals surface area contributed by atoms with Crippen LogP contribution >= 0.6 is 12.2 Å². The molecule has 2 nitrogen and oxygen atoms in total. The molecule has 0 heterocycles. The summed E-state index contributed by atoms with van der Waals surface area (Å²) in [6, 6.07) is 1.000. The van der Waals surface area contributed by atoms with Crippen LogP contribution < -0.4 is 5.73 Å². The van der Waals surface area contributed by atoms with Crippen LogP contribution in [0.4, 0.5) is 0 Å². The zero-order valence-corrected chi connectivity index (χ0v) is 9.89. The lowest BCUT2D eigenvalue weighted by atomic mass is 9.93. The van der Waals surface area contributed by atoms with Gasteiger partial charge in [-0.1, -0.05) is 18.6 Å². The monoisotopic (exact) mass is 212 g/mol. The Morgan fingerprint density at radius 3 is 2.57 bits per heavy atom. The van der Waals surface area contributed by atoms with Crippen molar-refractivity contribution in [2.24, 2.45) is 17.6 Å². The van der Waals surface area contributed by atoms with Crippen molar-refractivity contribution in [2.45, 2.75) is 44.7 Å². The molecule has 0 aromatic heterocycles. The molecule has 4 unspecified atom stereocenters. The highest BCUT2D eigenvalue weighted by Gasteiger charge is 2.42. The molecule has 2 aliphatic rings. The smallest absolute Gasteiger partial charge is 0.0899 e. The highest BCUT2D eigenvalue weighted by atomic mass is 32.1. The topological polar surface area (TPSA) is 29.3 Å². The first-order valence-electron chi connectivity index (χ1n) is 5.61. The minimum atomic E-state index is 0.259. The van der Waals surface area contributed by atoms with Crippen LogP contribution in [0.25, 0.3) is 0 Å². The van der Waals surface area contributed by atoms with E-state index in [2.05, 4.69) is 18.9 Å². The fourth-order valence-electron chi connectivity index (χ4n) is 3.20. The van der Waals surface area contributed by atoms with Gasteiger partial charge < -0.3 is 5.73 Å². The number of nitrogens with two attached hydrogens (primary N) is 1. The summed E-state index contributed by atoms with van der Waals surface area (Å²) in [5.74, 6) is 1.91.